The zero-order chi connectivity index (χ0) is 10.8. The molecule has 0 aliphatic heterocycles. The van der Waals surface area contributed by atoms with E-state index in [4.69, 9.17) is 11.6 Å². The molecule has 4 heteroatoms. The molecule has 0 spiro atoms. The summed E-state index contributed by atoms with van der Waals surface area (Å²) in [6.45, 7) is 2.00. The minimum atomic E-state index is 0.104. The average molecular weight is 222 g/mol. The minimum absolute atomic E-state index is 0.104. The lowest BCUT2D eigenvalue weighted by Gasteiger charge is -2.09. The van der Waals surface area contributed by atoms with Gasteiger partial charge in [0, 0.05) is 5.39 Å². The van der Waals surface area contributed by atoms with E-state index in [1.807, 2.05) is 38.2 Å². The van der Waals surface area contributed by atoms with Crippen molar-refractivity contribution in [1.82, 2.24) is 15.3 Å². The van der Waals surface area contributed by atoms with Gasteiger partial charge in [-0.05, 0) is 26.1 Å². The van der Waals surface area contributed by atoms with Gasteiger partial charge in [0.1, 0.15) is 11.0 Å². The van der Waals surface area contributed by atoms with Crippen LogP contribution in [0.2, 0.25) is 5.15 Å². The first-order valence-electron chi connectivity index (χ1n) is 4.82. The van der Waals surface area contributed by atoms with Gasteiger partial charge in [0.05, 0.1) is 11.6 Å². The summed E-state index contributed by atoms with van der Waals surface area (Å²) in [5.41, 5.74) is 0.884. The van der Waals surface area contributed by atoms with Gasteiger partial charge < -0.3 is 5.32 Å². The van der Waals surface area contributed by atoms with Gasteiger partial charge in [0.2, 0.25) is 0 Å². The number of para-hydroxylation sites is 1. The Balaban J connectivity index is 2.62. The number of benzene rings is 1. The van der Waals surface area contributed by atoms with Gasteiger partial charge in [-0.25, -0.2) is 9.97 Å². The number of hydrogen-bond acceptors (Lipinski definition) is 3. The highest BCUT2D eigenvalue weighted by Crippen LogP contribution is 2.21. The van der Waals surface area contributed by atoms with Crippen molar-refractivity contribution in [3.63, 3.8) is 0 Å². The van der Waals surface area contributed by atoms with E-state index in [2.05, 4.69) is 15.3 Å². The lowest BCUT2D eigenvalue weighted by Crippen LogP contribution is -2.15. The summed E-state index contributed by atoms with van der Waals surface area (Å²) >= 11 is 6.08. The minimum Gasteiger partial charge on any atom is -0.311 e. The highest BCUT2D eigenvalue weighted by Gasteiger charge is 2.09. The summed E-state index contributed by atoms with van der Waals surface area (Å²) in [4.78, 5) is 8.71. The largest absolute Gasteiger partial charge is 0.311 e. The summed E-state index contributed by atoms with van der Waals surface area (Å²) in [5, 5.41) is 4.50. The molecule has 0 saturated heterocycles. The molecule has 15 heavy (non-hydrogen) atoms. The Morgan fingerprint density at radius 1 is 1.27 bits per heavy atom. The van der Waals surface area contributed by atoms with Crippen molar-refractivity contribution in [2.24, 2.45) is 0 Å². The predicted molar refractivity (Wildman–Crippen MR) is 62.0 cm³/mol. The van der Waals surface area contributed by atoms with Crippen LogP contribution in [0.15, 0.2) is 24.3 Å². The molecule has 0 saturated carbocycles. The highest BCUT2D eigenvalue weighted by molar-refractivity contribution is 6.34. The van der Waals surface area contributed by atoms with Crippen molar-refractivity contribution in [3.8, 4) is 0 Å². The van der Waals surface area contributed by atoms with Crippen LogP contribution in [0, 0.1) is 0 Å². The molecule has 1 aromatic carbocycles. The number of halogens is 1. The summed E-state index contributed by atoms with van der Waals surface area (Å²) in [6.07, 6.45) is 0. The van der Waals surface area contributed by atoms with E-state index < -0.39 is 0 Å². The van der Waals surface area contributed by atoms with Gasteiger partial charge in [-0.2, -0.15) is 0 Å². The molecular weight excluding hydrogens is 210 g/mol. The molecule has 1 heterocycles. The number of rotatable bonds is 2. The first-order chi connectivity index (χ1) is 7.22. The fourth-order valence-electron chi connectivity index (χ4n) is 1.38. The molecule has 0 fully saturated rings. The van der Waals surface area contributed by atoms with Crippen molar-refractivity contribution in [3.05, 3.63) is 35.2 Å². The third kappa shape index (κ3) is 1.94. The van der Waals surface area contributed by atoms with Crippen LogP contribution in [0.3, 0.4) is 0 Å². The van der Waals surface area contributed by atoms with E-state index in [0.29, 0.717) is 5.15 Å². The standard InChI is InChI=1S/C11H12ClN3/c1-7(13-2)11-14-9-6-4-3-5-8(9)10(12)15-11/h3-7,13H,1-2H3. The molecule has 2 aromatic rings. The number of aromatic nitrogens is 2. The third-order valence-electron chi connectivity index (χ3n) is 2.39. The summed E-state index contributed by atoms with van der Waals surface area (Å²) in [6, 6.07) is 7.84. The molecule has 3 nitrogen and oxygen atoms in total. The van der Waals surface area contributed by atoms with Crippen LogP contribution < -0.4 is 5.32 Å². The van der Waals surface area contributed by atoms with Crippen molar-refractivity contribution in [2.75, 3.05) is 7.05 Å². The van der Waals surface area contributed by atoms with Gasteiger partial charge in [-0.1, -0.05) is 23.7 Å². The van der Waals surface area contributed by atoms with Crippen molar-refractivity contribution in [1.29, 1.82) is 0 Å². The average Bonchev–Trinajstić information content (AvgIpc) is 2.28. The molecule has 1 unspecified atom stereocenters. The first-order valence-corrected chi connectivity index (χ1v) is 5.19. The molecule has 1 atom stereocenters. The molecule has 0 radical (unpaired) electrons. The van der Waals surface area contributed by atoms with Crippen LogP contribution in [0.5, 0.6) is 0 Å². The smallest absolute Gasteiger partial charge is 0.147 e. The Bertz CT molecular complexity index is 484. The quantitative estimate of drug-likeness (QED) is 0.793. The fourth-order valence-corrected chi connectivity index (χ4v) is 1.62. The number of nitrogens with zero attached hydrogens (tertiary/aromatic N) is 2. The first kappa shape index (κ1) is 10.3. The lowest BCUT2D eigenvalue weighted by molar-refractivity contribution is 0.614. The second-order valence-corrected chi connectivity index (χ2v) is 3.76. The van der Waals surface area contributed by atoms with Crippen LogP contribution in [0.4, 0.5) is 0 Å². The molecule has 0 bridgehead atoms. The molecule has 78 valence electrons. The molecule has 0 aliphatic carbocycles. The van der Waals surface area contributed by atoms with Crippen LogP contribution in [-0.2, 0) is 0 Å². The van der Waals surface area contributed by atoms with Gasteiger partial charge >= 0.3 is 0 Å². The maximum atomic E-state index is 6.08. The van der Waals surface area contributed by atoms with E-state index in [1.165, 1.54) is 0 Å². The van der Waals surface area contributed by atoms with Crippen molar-refractivity contribution < 1.29 is 0 Å². The second-order valence-electron chi connectivity index (χ2n) is 3.40. The van der Waals surface area contributed by atoms with E-state index in [9.17, 15) is 0 Å². The maximum Gasteiger partial charge on any atom is 0.147 e. The highest BCUT2D eigenvalue weighted by atomic mass is 35.5. The lowest BCUT2D eigenvalue weighted by atomic mass is 10.2. The monoisotopic (exact) mass is 221 g/mol. The number of hydrogen-bond donors (Lipinski definition) is 1. The third-order valence-corrected chi connectivity index (χ3v) is 2.68. The van der Waals surface area contributed by atoms with E-state index in [0.717, 1.165) is 16.7 Å². The molecule has 0 aliphatic rings. The van der Waals surface area contributed by atoms with E-state index in [1.54, 1.807) is 0 Å². The van der Waals surface area contributed by atoms with E-state index >= 15 is 0 Å². The van der Waals surface area contributed by atoms with Gasteiger partial charge in [-0.15, -0.1) is 0 Å². The van der Waals surface area contributed by atoms with Crippen molar-refractivity contribution in [2.45, 2.75) is 13.0 Å². The van der Waals surface area contributed by atoms with E-state index in [-0.39, 0.29) is 6.04 Å². The number of fused-ring (bicyclic) bond motifs is 1. The summed E-state index contributed by atoms with van der Waals surface area (Å²) in [7, 11) is 1.87. The molecule has 2 rings (SSSR count). The van der Waals surface area contributed by atoms with Crippen LogP contribution in [-0.4, -0.2) is 17.0 Å². The Morgan fingerprint density at radius 3 is 2.73 bits per heavy atom. The zero-order valence-electron chi connectivity index (χ0n) is 8.66. The van der Waals surface area contributed by atoms with Gasteiger partial charge in [0.15, 0.2) is 0 Å². The predicted octanol–water partition coefficient (Wildman–Crippen LogP) is 2.56. The van der Waals surface area contributed by atoms with Gasteiger partial charge in [0.25, 0.3) is 0 Å². The van der Waals surface area contributed by atoms with Crippen LogP contribution in [0.25, 0.3) is 10.9 Å². The fraction of sp³-hybridized carbons (Fsp3) is 0.273. The molecule has 0 amide bonds. The van der Waals surface area contributed by atoms with Crippen LogP contribution in [0.1, 0.15) is 18.8 Å². The van der Waals surface area contributed by atoms with Crippen LogP contribution >= 0.6 is 11.6 Å². The van der Waals surface area contributed by atoms with Crippen molar-refractivity contribution >= 4 is 22.5 Å². The Labute approximate surface area is 93.5 Å². The maximum absolute atomic E-state index is 6.08. The summed E-state index contributed by atoms with van der Waals surface area (Å²) < 4.78 is 0. The molecule has 1 aromatic heterocycles. The zero-order valence-corrected chi connectivity index (χ0v) is 9.42. The van der Waals surface area contributed by atoms with Gasteiger partial charge in [-0.3, -0.25) is 0 Å². The molecular formula is C11H12ClN3. The molecule has 1 N–H and O–H groups in total. The second kappa shape index (κ2) is 4.13. The Kier molecular flexibility index (Phi) is 2.84. The topological polar surface area (TPSA) is 37.8 Å². The Morgan fingerprint density at radius 2 is 2.00 bits per heavy atom. The normalized spacial score (nSPS) is 13.0. The SMILES string of the molecule is CNC(C)c1nc(Cl)c2ccccc2n1. The summed E-state index contributed by atoms with van der Waals surface area (Å²) in [5.74, 6) is 0.723. The number of nitrogens with one attached hydrogen (secondary N) is 1. The Hall–Kier alpha value is -1.19.